The van der Waals surface area contributed by atoms with Gasteiger partial charge in [0.05, 0.1) is 12.0 Å². The Balaban J connectivity index is 2.36. The van der Waals surface area contributed by atoms with E-state index < -0.39 is 27.4 Å². The van der Waals surface area contributed by atoms with E-state index in [0.29, 0.717) is 17.3 Å². The summed E-state index contributed by atoms with van der Waals surface area (Å²) in [6.45, 7) is 0. The number of carbonyl (C=O) groups excluding carboxylic acids is 2. The van der Waals surface area contributed by atoms with Crippen molar-refractivity contribution in [1.82, 2.24) is 9.62 Å². The fraction of sp³-hybridized carbons (Fsp3) is 0.529. The summed E-state index contributed by atoms with van der Waals surface area (Å²) >= 11 is 3.22. The molecule has 0 saturated heterocycles. The Hall–Kier alpha value is -1.45. The normalized spacial score (nSPS) is 17.0. The van der Waals surface area contributed by atoms with E-state index in [1.165, 1.54) is 39.4 Å². The van der Waals surface area contributed by atoms with Gasteiger partial charge in [0.15, 0.2) is 0 Å². The van der Waals surface area contributed by atoms with Gasteiger partial charge in [-0.1, -0.05) is 19.3 Å². The third kappa shape index (κ3) is 4.10. The summed E-state index contributed by atoms with van der Waals surface area (Å²) in [7, 11) is 0.419. The lowest BCUT2D eigenvalue weighted by Gasteiger charge is -2.35. The molecule has 1 aromatic carbocycles. The largest absolute Gasteiger partial charge is 0.467 e. The van der Waals surface area contributed by atoms with Gasteiger partial charge < -0.3 is 10.1 Å². The standard InChI is InChI=1S/C17H23BrN2O5S/c1-20(2)26(23,24)14-11-12(7-8-13(14)18)15(21)19-17(16(22)25-3)9-5-4-6-10-17/h7-8,11H,4-6,9-10H2,1-3H3,(H,19,21). The Morgan fingerprint density at radius 2 is 1.81 bits per heavy atom. The Labute approximate surface area is 162 Å². The van der Waals surface area contributed by atoms with E-state index in [1.807, 2.05) is 0 Å². The first-order valence-electron chi connectivity index (χ1n) is 8.27. The second kappa shape index (κ2) is 8.06. The van der Waals surface area contributed by atoms with Gasteiger partial charge in [-0.15, -0.1) is 0 Å². The minimum atomic E-state index is -3.72. The van der Waals surface area contributed by atoms with E-state index in [-0.39, 0.29) is 10.5 Å². The van der Waals surface area contributed by atoms with Gasteiger partial charge in [-0.2, -0.15) is 0 Å². The molecule has 0 radical (unpaired) electrons. The topological polar surface area (TPSA) is 92.8 Å². The smallest absolute Gasteiger partial charge is 0.331 e. The van der Waals surface area contributed by atoms with Crippen LogP contribution in [0.5, 0.6) is 0 Å². The van der Waals surface area contributed by atoms with Crippen molar-refractivity contribution >= 4 is 37.8 Å². The Morgan fingerprint density at radius 3 is 2.35 bits per heavy atom. The maximum absolute atomic E-state index is 12.8. The highest BCUT2D eigenvalue weighted by Crippen LogP contribution is 2.30. The van der Waals surface area contributed by atoms with Crippen LogP contribution in [0, 0.1) is 0 Å². The average molecular weight is 447 g/mol. The summed E-state index contributed by atoms with van der Waals surface area (Å²) in [5.74, 6) is -0.969. The lowest BCUT2D eigenvalue weighted by atomic mass is 9.81. The van der Waals surface area contributed by atoms with Crippen LogP contribution in [0.3, 0.4) is 0 Å². The van der Waals surface area contributed by atoms with Crippen LogP contribution in [-0.2, 0) is 19.6 Å². The van der Waals surface area contributed by atoms with Crippen LogP contribution in [0.15, 0.2) is 27.6 Å². The van der Waals surface area contributed by atoms with E-state index in [1.54, 1.807) is 0 Å². The first-order chi connectivity index (χ1) is 12.1. The zero-order valence-corrected chi connectivity index (χ0v) is 17.4. The number of amides is 1. The van der Waals surface area contributed by atoms with E-state index in [4.69, 9.17) is 4.74 Å². The van der Waals surface area contributed by atoms with Crippen molar-refractivity contribution in [3.05, 3.63) is 28.2 Å². The molecule has 1 aliphatic rings. The minimum absolute atomic E-state index is 0.00841. The number of nitrogens with one attached hydrogen (secondary N) is 1. The molecule has 1 aliphatic carbocycles. The highest BCUT2D eigenvalue weighted by molar-refractivity contribution is 9.10. The van der Waals surface area contributed by atoms with E-state index in [2.05, 4.69) is 21.2 Å². The molecule has 1 amide bonds. The number of benzene rings is 1. The van der Waals surface area contributed by atoms with Crippen molar-refractivity contribution in [3.8, 4) is 0 Å². The molecule has 1 saturated carbocycles. The van der Waals surface area contributed by atoms with Gasteiger partial charge in [0.2, 0.25) is 10.0 Å². The van der Waals surface area contributed by atoms with Crippen molar-refractivity contribution in [3.63, 3.8) is 0 Å². The zero-order valence-electron chi connectivity index (χ0n) is 15.0. The monoisotopic (exact) mass is 446 g/mol. The molecule has 0 aliphatic heterocycles. The second-order valence-corrected chi connectivity index (χ2v) is 9.50. The number of esters is 1. The average Bonchev–Trinajstić information content (AvgIpc) is 2.61. The predicted molar refractivity (Wildman–Crippen MR) is 100 cm³/mol. The van der Waals surface area contributed by atoms with Crippen LogP contribution >= 0.6 is 15.9 Å². The SMILES string of the molecule is COC(=O)C1(NC(=O)c2ccc(Br)c(S(=O)(=O)N(C)C)c2)CCCCC1. The van der Waals surface area contributed by atoms with Gasteiger partial charge in [-0.05, 0) is 47.0 Å². The van der Waals surface area contributed by atoms with E-state index in [9.17, 15) is 18.0 Å². The first kappa shape index (κ1) is 20.9. The number of carbonyl (C=O) groups is 2. The summed E-state index contributed by atoms with van der Waals surface area (Å²) in [6.07, 6.45) is 3.64. The number of rotatable bonds is 5. The van der Waals surface area contributed by atoms with Gasteiger partial charge in [-0.3, -0.25) is 4.79 Å². The Morgan fingerprint density at radius 1 is 1.19 bits per heavy atom. The molecule has 7 nitrogen and oxygen atoms in total. The number of nitrogens with zero attached hydrogens (tertiary/aromatic N) is 1. The molecule has 0 spiro atoms. The molecule has 0 aromatic heterocycles. The predicted octanol–water partition coefficient (Wildman–Crippen LogP) is 2.31. The van der Waals surface area contributed by atoms with Crippen molar-refractivity contribution in [1.29, 1.82) is 0 Å². The van der Waals surface area contributed by atoms with E-state index >= 15 is 0 Å². The van der Waals surface area contributed by atoms with Crippen LogP contribution in [0.25, 0.3) is 0 Å². The number of hydrogen-bond acceptors (Lipinski definition) is 5. The highest BCUT2D eigenvalue weighted by Gasteiger charge is 2.42. The molecule has 0 heterocycles. The number of methoxy groups -OCH3 is 1. The molecule has 1 aromatic rings. The Kier molecular flexibility index (Phi) is 6.46. The van der Waals surface area contributed by atoms with E-state index in [0.717, 1.165) is 23.6 Å². The maximum atomic E-state index is 12.8. The molecule has 1 fully saturated rings. The molecule has 0 unspecified atom stereocenters. The Bertz CT molecular complexity index is 801. The summed E-state index contributed by atoms with van der Waals surface area (Å²) in [5.41, 5.74) is -0.889. The molecule has 9 heteroatoms. The quantitative estimate of drug-likeness (QED) is 0.700. The summed E-state index contributed by atoms with van der Waals surface area (Å²) in [4.78, 5) is 25.0. The number of sulfonamides is 1. The van der Waals surface area contributed by atoms with Crippen LogP contribution in [-0.4, -0.2) is 51.3 Å². The lowest BCUT2D eigenvalue weighted by Crippen LogP contribution is -2.56. The second-order valence-electron chi connectivity index (χ2n) is 6.52. The fourth-order valence-electron chi connectivity index (χ4n) is 3.06. The van der Waals surface area contributed by atoms with Crippen LogP contribution in [0.4, 0.5) is 0 Å². The van der Waals surface area contributed by atoms with Crippen LogP contribution in [0.2, 0.25) is 0 Å². The van der Waals surface area contributed by atoms with Crippen LogP contribution in [0.1, 0.15) is 42.5 Å². The minimum Gasteiger partial charge on any atom is -0.467 e. The van der Waals surface area contributed by atoms with Gasteiger partial charge >= 0.3 is 5.97 Å². The summed E-state index contributed by atoms with van der Waals surface area (Å²) in [5, 5.41) is 2.79. The molecule has 1 N–H and O–H groups in total. The molecular formula is C17H23BrN2O5S. The van der Waals surface area contributed by atoms with Crippen molar-refractivity contribution < 1.29 is 22.7 Å². The molecule has 26 heavy (non-hydrogen) atoms. The van der Waals surface area contributed by atoms with Crippen molar-refractivity contribution in [2.24, 2.45) is 0 Å². The third-order valence-corrected chi connectivity index (χ3v) is 7.40. The number of ether oxygens (including phenoxy) is 1. The lowest BCUT2D eigenvalue weighted by molar-refractivity contribution is -0.149. The number of hydrogen-bond donors (Lipinski definition) is 1. The molecule has 0 bridgehead atoms. The molecular weight excluding hydrogens is 424 g/mol. The van der Waals surface area contributed by atoms with Crippen molar-refractivity contribution in [2.75, 3.05) is 21.2 Å². The molecule has 144 valence electrons. The van der Waals surface area contributed by atoms with Gasteiger partial charge in [-0.25, -0.2) is 17.5 Å². The first-order valence-corrected chi connectivity index (χ1v) is 10.5. The van der Waals surface area contributed by atoms with Gasteiger partial charge in [0, 0.05) is 24.1 Å². The summed E-state index contributed by atoms with van der Waals surface area (Å²) < 4.78 is 31.2. The molecule has 0 atom stereocenters. The van der Waals surface area contributed by atoms with Gasteiger partial charge in [0.25, 0.3) is 5.91 Å². The highest BCUT2D eigenvalue weighted by atomic mass is 79.9. The van der Waals surface area contributed by atoms with Crippen LogP contribution < -0.4 is 5.32 Å². The van der Waals surface area contributed by atoms with Crippen molar-refractivity contribution in [2.45, 2.75) is 42.5 Å². The molecule has 2 rings (SSSR count). The third-order valence-electron chi connectivity index (χ3n) is 4.59. The number of halogens is 1. The zero-order chi connectivity index (χ0) is 19.5. The van der Waals surface area contributed by atoms with Gasteiger partial charge in [0.1, 0.15) is 5.54 Å². The fourth-order valence-corrected chi connectivity index (χ4v) is 4.90. The maximum Gasteiger partial charge on any atom is 0.331 e. The summed E-state index contributed by atoms with van der Waals surface area (Å²) in [6, 6.07) is 4.33.